The summed E-state index contributed by atoms with van der Waals surface area (Å²) in [4.78, 5) is 23.8. The fourth-order valence-corrected chi connectivity index (χ4v) is 2.93. The molecular formula is C23H30N2O5. The molecule has 0 aromatic carbocycles. The summed E-state index contributed by atoms with van der Waals surface area (Å²) >= 11 is 0. The van der Waals surface area contributed by atoms with Crippen LogP contribution in [0.5, 0.6) is 0 Å². The Bertz CT molecular complexity index is 961. The molecule has 1 aromatic rings. The smallest absolute Gasteiger partial charge is 0.341 e. The SMILES string of the molecule is COCCCOC1=CC=C/C(=C\c2cc(=O)c(C(=O)O)cn2C(C)C(C)(C)C)C1=N. The number of aromatic nitrogens is 1. The number of ether oxygens (including phenoxy) is 2. The third-order valence-electron chi connectivity index (χ3n) is 5.12. The third kappa shape index (κ3) is 5.57. The molecule has 1 aliphatic carbocycles. The number of nitrogens with one attached hydrogen (secondary N) is 1. The number of nitrogens with zero attached hydrogens (tertiary/aromatic N) is 1. The van der Waals surface area contributed by atoms with Crippen molar-refractivity contribution in [2.24, 2.45) is 5.41 Å². The predicted molar refractivity (Wildman–Crippen MR) is 117 cm³/mol. The minimum Gasteiger partial charge on any atom is -0.491 e. The summed E-state index contributed by atoms with van der Waals surface area (Å²) in [5.41, 5.74) is 0.312. The van der Waals surface area contributed by atoms with E-state index in [0.717, 1.165) is 0 Å². The largest absolute Gasteiger partial charge is 0.491 e. The molecule has 7 heteroatoms. The van der Waals surface area contributed by atoms with Crippen molar-refractivity contribution in [1.82, 2.24) is 4.57 Å². The highest BCUT2D eigenvalue weighted by atomic mass is 16.5. The second kappa shape index (κ2) is 9.71. The summed E-state index contributed by atoms with van der Waals surface area (Å²) in [5, 5.41) is 17.8. The maximum atomic E-state index is 12.4. The van der Waals surface area contributed by atoms with Gasteiger partial charge in [-0.15, -0.1) is 0 Å². The molecule has 1 aromatic heterocycles. The van der Waals surface area contributed by atoms with E-state index in [4.69, 9.17) is 14.9 Å². The van der Waals surface area contributed by atoms with Gasteiger partial charge in [-0.3, -0.25) is 10.2 Å². The van der Waals surface area contributed by atoms with Crippen molar-refractivity contribution < 1.29 is 19.4 Å². The zero-order valence-electron chi connectivity index (χ0n) is 18.2. The molecule has 1 heterocycles. The molecule has 0 bridgehead atoms. The lowest BCUT2D eigenvalue weighted by Crippen LogP contribution is -2.27. The van der Waals surface area contributed by atoms with Crippen LogP contribution in [0.3, 0.4) is 0 Å². The van der Waals surface area contributed by atoms with Crippen LogP contribution in [0, 0.1) is 10.8 Å². The highest BCUT2D eigenvalue weighted by molar-refractivity contribution is 6.14. The van der Waals surface area contributed by atoms with Crippen LogP contribution in [0.4, 0.5) is 0 Å². The molecule has 7 nitrogen and oxygen atoms in total. The predicted octanol–water partition coefficient (Wildman–Crippen LogP) is 4.06. The molecule has 0 radical (unpaired) electrons. The Balaban J connectivity index is 2.44. The van der Waals surface area contributed by atoms with E-state index in [2.05, 4.69) is 0 Å². The number of carboxylic acid groups (broad SMARTS) is 1. The van der Waals surface area contributed by atoms with E-state index in [1.165, 1.54) is 12.3 Å². The summed E-state index contributed by atoms with van der Waals surface area (Å²) in [6, 6.07) is 1.22. The molecule has 2 N–H and O–H groups in total. The van der Waals surface area contributed by atoms with Crippen molar-refractivity contribution in [3.05, 3.63) is 63.3 Å². The highest BCUT2D eigenvalue weighted by Crippen LogP contribution is 2.31. The van der Waals surface area contributed by atoms with E-state index >= 15 is 0 Å². The maximum absolute atomic E-state index is 12.4. The molecule has 0 spiro atoms. The molecule has 0 saturated carbocycles. The Labute approximate surface area is 176 Å². The van der Waals surface area contributed by atoms with E-state index < -0.39 is 11.4 Å². The molecule has 0 saturated heterocycles. The van der Waals surface area contributed by atoms with Crippen molar-refractivity contribution in [3.8, 4) is 0 Å². The average molecular weight is 415 g/mol. The molecule has 2 rings (SSSR count). The van der Waals surface area contributed by atoms with Crippen LogP contribution < -0.4 is 5.43 Å². The quantitative estimate of drug-likeness (QED) is 0.625. The number of carbonyl (C=O) groups is 1. The fraction of sp³-hybridized carbons (Fsp3) is 0.435. The number of aromatic carboxylic acids is 1. The van der Waals surface area contributed by atoms with Gasteiger partial charge in [0.15, 0.2) is 5.43 Å². The Kier molecular flexibility index (Phi) is 7.56. The first-order chi connectivity index (χ1) is 14.1. The van der Waals surface area contributed by atoms with Gasteiger partial charge in [-0.25, -0.2) is 4.79 Å². The van der Waals surface area contributed by atoms with Crippen LogP contribution in [0.25, 0.3) is 6.08 Å². The third-order valence-corrected chi connectivity index (χ3v) is 5.12. The first kappa shape index (κ1) is 23.3. The Morgan fingerprint density at radius 3 is 2.63 bits per heavy atom. The van der Waals surface area contributed by atoms with Crippen LogP contribution in [-0.4, -0.2) is 41.7 Å². The second-order valence-electron chi connectivity index (χ2n) is 8.29. The van der Waals surface area contributed by atoms with E-state index in [-0.39, 0.29) is 22.7 Å². The highest BCUT2D eigenvalue weighted by Gasteiger charge is 2.25. The van der Waals surface area contributed by atoms with E-state index in [1.54, 1.807) is 36.0 Å². The van der Waals surface area contributed by atoms with Gasteiger partial charge in [0.2, 0.25) is 0 Å². The van der Waals surface area contributed by atoms with Gasteiger partial charge < -0.3 is 19.1 Å². The summed E-state index contributed by atoms with van der Waals surface area (Å²) in [5.74, 6) is -0.811. The Morgan fingerprint density at radius 2 is 2.03 bits per heavy atom. The zero-order chi connectivity index (χ0) is 22.5. The first-order valence-corrected chi connectivity index (χ1v) is 9.87. The van der Waals surface area contributed by atoms with Crippen molar-refractivity contribution >= 4 is 17.8 Å². The second-order valence-corrected chi connectivity index (χ2v) is 8.29. The van der Waals surface area contributed by atoms with Crippen LogP contribution in [0.15, 0.2) is 46.6 Å². The topological polar surface area (TPSA) is 102 Å². The van der Waals surface area contributed by atoms with Gasteiger partial charge >= 0.3 is 5.97 Å². The number of pyridine rings is 1. The van der Waals surface area contributed by atoms with Crippen LogP contribution in [0.1, 0.15) is 56.2 Å². The van der Waals surface area contributed by atoms with Crippen molar-refractivity contribution in [1.29, 1.82) is 5.41 Å². The van der Waals surface area contributed by atoms with Gasteiger partial charge in [0.05, 0.1) is 6.61 Å². The van der Waals surface area contributed by atoms with E-state index in [1.807, 2.05) is 27.7 Å². The van der Waals surface area contributed by atoms with Crippen molar-refractivity contribution in [2.45, 2.75) is 40.2 Å². The van der Waals surface area contributed by atoms with Crippen LogP contribution in [0.2, 0.25) is 0 Å². The molecule has 0 fully saturated rings. The lowest BCUT2D eigenvalue weighted by molar-refractivity contribution is 0.0693. The minimum atomic E-state index is -1.26. The van der Waals surface area contributed by atoms with Gasteiger partial charge in [-0.05, 0) is 24.5 Å². The fourth-order valence-electron chi connectivity index (χ4n) is 2.93. The summed E-state index contributed by atoms with van der Waals surface area (Å²) in [6.07, 6.45) is 9.11. The lowest BCUT2D eigenvalue weighted by Gasteiger charge is -2.31. The standard InChI is InChI=1S/C23H30N2O5/c1-15(23(2,3)4)25-14-18(22(27)28)19(26)13-17(25)12-16-8-6-9-20(21(16)24)30-11-7-10-29-5/h6,8-9,12-15,24H,7,10-11H2,1-5H3,(H,27,28)/b16-12+,24-21?. The van der Waals surface area contributed by atoms with Crippen molar-refractivity contribution in [2.75, 3.05) is 20.3 Å². The van der Waals surface area contributed by atoms with Crippen LogP contribution >= 0.6 is 0 Å². The molecular weight excluding hydrogens is 384 g/mol. The number of hydrogen-bond donors (Lipinski definition) is 2. The molecule has 30 heavy (non-hydrogen) atoms. The lowest BCUT2D eigenvalue weighted by atomic mass is 9.87. The Hall–Kier alpha value is -2.93. The monoisotopic (exact) mass is 414 g/mol. The van der Waals surface area contributed by atoms with Crippen molar-refractivity contribution in [3.63, 3.8) is 0 Å². The molecule has 1 unspecified atom stereocenters. The van der Waals surface area contributed by atoms with E-state index in [0.29, 0.717) is 36.7 Å². The number of hydrogen-bond acceptors (Lipinski definition) is 5. The molecule has 1 aliphatic rings. The molecule has 0 amide bonds. The van der Waals surface area contributed by atoms with Gasteiger partial charge in [0.1, 0.15) is 17.0 Å². The molecule has 1 atom stereocenters. The minimum absolute atomic E-state index is 0.0925. The number of methoxy groups -OCH3 is 1. The number of carboxylic acids is 1. The summed E-state index contributed by atoms with van der Waals surface area (Å²) < 4.78 is 12.5. The molecule has 0 aliphatic heterocycles. The molecule has 162 valence electrons. The van der Waals surface area contributed by atoms with Crippen LogP contribution in [-0.2, 0) is 9.47 Å². The van der Waals surface area contributed by atoms with Gasteiger partial charge in [0, 0.05) is 49.7 Å². The Morgan fingerprint density at radius 1 is 1.33 bits per heavy atom. The number of allylic oxidation sites excluding steroid dienone is 4. The summed E-state index contributed by atoms with van der Waals surface area (Å²) in [6.45, 7) is 9.12. The number of rotatable bonds is 8. The van der Waals surface area contributed by atoms with Gasteiger partial charge in [-0.2, -0.15) is 0 Å². The maximum Gasteiger partial charge on any atom is 0.341 e. The van der Waals surface area contributed by atoms with Gasteiger partial charge in [-0.1, -0.05) is 32.9 Å². The summed E-state index contributed by atoms with van der Waals surface area (Å²) in [7, 11) is 1.62. The average Bonchev–Trinajstić information content (AvgIpc) is 2.66. The zero-order valence-corrected chi connectivity index (χ0v) is 18.2. The normalized spacial score (nSPS) is 16.5. The van der Waals surface area contributed by atoms with Gasteiger partial charge in [0.25, 0.3) is 0 Å². The first-order valence-electron chi connectivity index (χ1n) is 9.87. The van der Waals surface area contributed by atoms with E-state index in [9.17, 15) is 14.7 Å².